The summed E-state index contributed by atoms with van der Waals surface area (Å²) in [5.41, 5.74) is 4.65. The summed E-state index contributed by atoms with van der Waals surface area (Å²) in [5.74, 6) is 1.81. The molecule has 8 rings (SSSR count). The normalized spacial score (nSPS) is 11.5. The third-order valence-electron chi connectivity index (χ3n) is 9.45. The molecule has 0 bridgehead atoms. The zero-order valence-corrected chi connectivity index (χ0v) is 38.5. The zero-order valence-electron chi connectivity index (χ0n) is 36.1. The van der Waals surface area contributed by atoms with Gasteiger partial charge in [-0.25, -0.2) is 0 Å². The molecule has 0 saturated carbocycles. The number of nitrogens with zero attached hydrogens (tertiary/aromatic N) is 6. The molecule has 11 heteroatoms. The summed E-state index contributed by atoms with van der Waals surface area (Å²) in [7, 11) is 0. The average molecular weight is 983 g/mol. The van der Waals surface area contributed by atoms with Gasteiger partial charge in [0.2, 0.25) is 0 Å². The molecule has 0 amide bonds. The Bertz CT molecular complexity index is 2490. The molecule has 2 heterocycles. The maximum absolute atomic E-state index is 11.5. The number of fused-ring (bicyclic) bond motifs is 4. The van der Waals surface area contributed by atoms with E-state index in [1.54, 1.807) is 9.59 Å². The van der Waals surface area contributed by atoms with Crippen LogP contribution in [0.1, 0.15) is 75.7 Å². The molecule has 6 aromatic carbocycles. The van der Waals surface area contributed by atoms with Gasteiger partial charge >= 0.3 is 0 Å². The number of Topliss-reactive ketones (excluding diaryl/α,β-unsaturated/α-hetero) is 2. The molecule has 0 unspecified atom stereocenters. The van der Waals surface area contributed by atoms with Crippen molar-refractivity contribution in [2.24, 2.45) is 10.8 Å². The number of hydrogen-bond acceptors (Lipinski definition) is 8. The van der Waals surface area contributed by atoms with Crippen LogP contribution in [0.4, 0.5) is 0 Å². The van der Waals surface area contributed by atoms with Crippen LogP contribution in [-0.2, 0) is 29.7 Å². The van der Waals surface area contributed by atoms with E-state index in [-0.39, 0.29) is 50.3 Å². The van der Waals surface area contributed by atoms with E-state index in [9.17, 15) is 9.59 Å². The number of rotatable bonds is 8. The summed E-state index contributed by atoms with van der Waals surface area (Å²) in [5, 5.41) is 22.6. The van der Waals surface area contributed by atoms with Gasteiger partial charge in [-0.15, -0.1) is 30.0 Å². The minimum absolute atomic E-state index is 0. The maximum atomic E-state index is 11.5. The quantitative estimate of drug-likeness (QED) is 0.138. The molecule has 0 N–H and O–H groups in total. The number of ether oxygens (including phenoxy) is 2. The van der Waals surface area contributed by atoms with Crippen molar-refractivity contribution in [3.05, 3.63) is 121 Å². The Morgan fingerprint density at radius 1 is 0.467 bits per heavy atom. The molecule has 60 heavy (non-hydrogen) atoms. The fraction of sp³-hybridized carbons (Fsp3) is 0.306. The molecule has 1 radical (unpaired) electrons. The predicted octanol–water partition coefficient (Wildman–Crippen LogP) is 11.3. The molecule has 0 atom stereocenters. The third kappa shape index (κ3) is 10.9. The van der Waals surface area contributed by atoms with E-state index in [1.807, 2.05) is 166 Å². The van der Waals surface area contributed by atoms with Crippen molar-refractivity contribution in [1.29, 1.82) is 0 Å². The standard InChI is InChI=1S/2C19H17N3O.C11H20O2.Ir/c2*1-13(2)23-19-12-11-18(14-7-3-4-8-15(14)19)22-20-16-9-5-6-10-17(16)21-22;1-10(2,3)8(12)7-9(13)11(4,5)6;/h2*3-13H,1-2H3;7H2,1-6H3;. The third-order valence-corrected chi connectivity index (χ3v) is 9.45. The molecular weight excluding hydrogens is 929 g/mol. The van der Waals surface area contributed by atoms with Crippen molar-refractivity contribution in [2.45, 2.75) is 87.9 Å². The molecule has 0 saturated heterocycles. The van der Waals surface area contributed by atoms with E-state index in [0.29, 0.717) is 0 Å². The van der Waals surface area contributed by atoms with Crippen LogP contribution >= 0.6 is 0 Å². The summed E-state index contributed by atoms with van der Waals surface area (Å²) < 4.78 is 11.9. The number of ketones is 2. The Morgan fingerprint density at radius 2 is 0.750 bits per heavy atom. The maximum Gasteiger partial charge on any atom is 0.145 e. The smallest absolute Gasteiger partial charge is 0.145 e. The van der Waals surface area contributed by atoms with Gasteiger partial charge in [-0.3, -0.25) is 9.59 Å². The summed E-state index contributed by atoms with van der Waals surface area (Å²) in [6.45, 7) is 19.2. The van der Waals surface area contributed by atoms with Crippen LogP contribution in [0.3, 0.4) is 0 Å². The van der Waals surface area contributed by atoms with Gasteiger partial charge in [-0.05, 0) is 76.2 Å². The largest absolute Gasteiger partial charge is 0.490 e. The first kappa shape index (κ1) is 45.3. The Morgan fingerprint density at radius 3 is 1.03 bits per heavy atom. The number of hydrogen-bond donors (Lipinski definition) is 0. The van der Waals surface area contributed by atoms with E-state index in [1.165, 1.54) is 0 Å². The molecule has 0 aliphatic carbocycles. The van der Waals surface area contributed by atoms with Crippen LogP contribution in [-0.4, -0.2) is 53.8 Å². The Balaban J connectivity index is 0.000000177. The first-order valence-electron chi connectivity index (χ1n) is 20.1. The van der Waals surface area contributed by atoms with Crippen molar-refractivity contribution < 1.29 is 39.2 Å². The van der Waals surface area contributed by atoms with Crippen LogP contribution in [0.2, 0.25) is 0 Å². The van der Waals surface area contributed by atoms with Gasteiger partial charge in [0.25, 0.3) is 0 Å². The molecular formula is C49H54IrN6O4. The van der Waals surface area contributed by atoms with Gasteiger partial charge in [-0.1, -0.05) is 114 Å². The first-order chi connectivity index (χ1) is 28.0. The van der Waals surface area contributed by atoms with Crippen LogP contribution in [0, 0.1) is 10.8 Å². The second kappa shape index (κ2) is 19.1. The summed E-state index contributed by atoms with van der Waals surface area (Å²) in [6.07, 6.45) is 0.330. The van der Waals surface area contributed by atoms with E-state index in [2.05, 4.69) is 44.7 Å². The van der Waals surface area contributed by atoms with Crippen LogP contribution in [0.15, 0.2) is 121 Å². The molecule has 10 nitrogen and oxygen atoms in total. The Kier molecular flexibility index (Phi) is 14.4. The average Bonchev–Trinajstić information content (AvgIpc) is 3.82. The molecule has 313 valence electrons. The summed E-state index contributed by atoms with van der Waals surface area (Å²) in [6, 6.07) is 40.1. The van der Waals surface area contributed by atoms with E-state index >= 15 is 0 Å². The van der Waals surface area contributed by atoms with Crippen molar-refractivity contribution in [3.63, 3.8) is 0 Å². The molecule has 0 aliphatic heterocycles. The van der Waals surface area contributed by atoms with Gasteiger partial charge in [0, 0.05) is 52.5 Å². The van der Waals surface area contributed by atoms with Crippen LogP contribution in [0.25, 0.3) is 55.0 Å². The van der Waals surface area contributed by atoms with Gasteiger partial charge in [0.05, 0.1) is 30.0 Å². The Hall–Kier alpha value is -5.77. The molecule has 8 aromatic rings. The fourth-order valence-corrected chi connectivity index (χ4v) is 6.18. The van der Waals surface area contributed by atoms with Crippen LogP contribution in [0.5, 0.6) is 11.5 Å². The zero-order chi connectivity index (χ0) is 42.5. The molecule has 0 aliphatic rings. The molecule has 0 spiro atoms. The van der Waals surface area contributed by atoms with Crippen LogP contribution < -0.4 is 9.47 Å². The summed E-state index contributed by atoms with van der Waals surface area (Å²) >= 11 is 0. The Labute approximate surface area is 365 Å². The SMILES string of the molecule is CC(C)(C)C(=O)CC(=O)C(C)(C)C.CC(C)Oc1ccc(-n2nc3ccccc3n2)c2ccccc12.CC(C)Oc1ccc(-n2nc3ccccc3n2)c2ccccc12.[Ir]. The van der Waals surface area contributed by atoms with E-state index < -0.39 is 10.8 Å². The van der Waals surface area contributed by atoms with Crippen molar-refractivity contribution in [2.75, 3.05) is 0 Å². The monoisotopic (exact) mass is 983 g/mol. The second-order valence-electron chi connectivity index (χ2n) is 17.1. The fourth-order valence-electron chi connectivity index (χ4n) is 6.18. The van der Waals surface area contributed by atoms with Gasteiger partial charge < -0.3 is 9.47 Å². The van der Waals surface area contributed by atoms with Crippen molar-refractivity contribution in [3.8, 4) is 22.9 Å². The van der Waals surface area contributed by atoms with Gasteiger partial charge in [-0.2, -0.15) is 0 Å². The number of carbonyl (C=O) groups is 2. The van der Waals surface area contributed by atoms with E-state index in [4.69, 9.17) is 9.47 Å². The minimum Gasteiger partial charge on any atom is -0.490 e. The predicted molar refractivity (Wildman–Crippen MR) is 238 cm³/mol. The van der Waals surface area contributed by atoms with E-state index in [0.717, 1.165) is 66.5 Å². The van der Waals surface area contributed by atoms with Gasteiger partial charge in [0.1, 0.15) is 45.1 Å². The number of aromatic nitrogens is 6. The number of carbonyl (C=O) groups excluding carboxylic acids is 2. The molecule has 2 aromatic heterocycles. The van der Waals surface area contributed by atoms with Crippen molar-refractivity contribution >= 4 is 55.2 Å². The second-order valence-corrected chi connectivity index (χ2v) is 17.1. The minimum atomic E-state index is -0.402. The number of benzene rings is 6. The van der Waals surface area contributed by atoms with Crippen molar-refractivity contribution in [1.82, 2.24) is 30.0 Å². The first-order valence-corrected chi connectivity index (χ1v) is 20.1. The molecule has 0 fully saturated rings. The topological polar surface area (TPSA) is 114 Å². The van der Waals surface area contributed by atoms with Gasteiger partial charge in [0.15, 0.2) is 0 Å². The summed E-state index contributed by atoms with van der Waals surface area (Å²) in [4.78, 5) is 26.4.